The summed E-state index contributed by atoms with van der Waals surface area (Å²) in [6.07, 6.45) is 80.1. The number of rotatable bonds is 56. The molecule has 0 aromatic heterocycles. The quantitative estimate of drug-likeness (QED) is 0.0261. The third-order valence-electron chi connectivity index (χ3n) is 13.4. The molecule has 0 radical (unpaired) electrons. The maximum atomic E-state index is 12.9. The van der Waals surface area contributed by atoms with Gasteiger partial charge in [-0.1, -0.05) is 273 Å². The van der Waals surface area contributed by atoms with Crippen LogP contribution in [0.5, 0.6) is 0 Å². The summed E-state index contributed by atoms with van der Waals surface area (Å²) in [5.41, 5.74) is 0. The van der Waals surface area contributed by atoms with Crippen molar-refractivity contribution >= 4 is 17.9 Å². The summed E-state index contributed by atoms with van der Waals surface area (Å²) in [6.45, 7) is 6.51. The van der Waals surface area contributed by atoms with Crippen LogP contribution in [0.15, 0.2) is 85.1 Å². The van der Waals surface area contributed by atoms with Gasteiger partial charge in [-0.25, -0.2) is 0 Å². The molecule has 1 atom stereocenters. The second-order valence-corrected chi connectivity index (χ2v) is 20.6. The first-order valence-electron chi connectivity index (χ1n) is 31.1. The summed E-state index contributed by atoms with van der Waals surface area (Å²) in [6, 6.07) is 0. The highest BCUT2D eigenvalue weighted by molar-refractivity contribution is 5.71. The summed E-state index contributed by atoms with van der Waals surface area (Å²) in [5, 5.41) is 0. The molecule has 0 spiro atoms. The molecular formula is C67H116O6. The van der Waals surface area contributed by atoms with Crippen LogP contribution in [0.1, 0.15) is 303 Å². The zero-order valence-corrected chi connectivity index (χ0v) is 48.1. The van der Waals surface area contributed by atoms with Crippen LogP contribution >= 0.6 is 0 Å². The third-order valence-corrected chi connectivity index (χ3v) is 13.4. The first-order chi connectivity index (χ1) is 36.0. The van der Waals surface area contributed by atoms with Crippen LogP contribution in [0, 0.1) is 0 Å². The Kier molecular flexibility index (Phi) is 58.3. The fourth-order valence-electron chi connectivity index (χ4n) is 8.74. The van der Waals surface area contributed by atoms with E-state index in [0.717, 1.165) is 103 Å². The van der Waals surface area contributed by atoms with Crippen molar-refractivity contribution in [2.24, 2.45) is 0 Å². The predicted octanol–water partition coefficient (Wildman–Crippen LogP) is 21.1. The van der Waals surface area contributed by atoms with Crippen molar-refractivity contribution in [1.82, 2.24) is 0 Å². The molecule has 0 bridgehead atoms. The van der Waals surface area contributed by atoms with E-state index < -0.39 is 6.10 Å². The molecule has 0 aliphatic carbocycles. The Balaban J connectivity index is 4.23. The molecular weight excluding hydrogens is 901 g/mol. The van der Waals surface area contributed by atoms with Gasteiger partial charge >= 0.3 is 17.9 Å². The predicted molar refractivity (Wildman–Crippen MR) is 316 cm³/mol. The average molecular weight is 1020 g/mol. The number of hydrogen-bond acceptors (Lipinski definition) is 6. The van der Waals surface area contributed by atoms with E-state index in [4.69, 9.17) is 14.2 Å². The van der Waals surface area contributed by atoms with Crippen LogP contribution in [0.3, 0.4) is 0 Å². The molecule has 0 aromatic rings. The minimum absolute atomic E-state index is 0.0783. The number of ether oxygens (including phenoxy) is 3. The van der Waals surface area contributed by atoms with Crippen LogP contribution < -0.4 is 0 Å². The van der Waals surface area contributed by atoms with Gasteiger partial charge in [-0.3, -0.25) is 14.4 Å². The van der Waals surface area contributed by atoms with E-state index in [9.17, 15) is 14.4 Å². The van der Waals surface area contributed by atoms with E-state index in [1.807, 2.05) is 0 Å². The smallest absolute Gasteiger partial charge is 0.306 e. The van der Waals surface area contributed by atoms with Crippen LogP contribution in [-0.4, -0.2) is 37.2 Å². The Morgan fingerprint density at radius 3 is 0.877 bits per heavy atom. The molecule has 420 valence electrons. The van der Waals surface area contributed by atoms with Gasteiger partial charge in [0, 0.05) is 19.3 Å². The zero-order valence-electron chi connectivity index (χ0n) is 48.1. The van der Waals surface area contributed by atoms with Crippen LogP contribution in [0.4, 0.5) is 0 Å². The molecule has 0 N–H and O–H groups in total. The number of carbonyl (C=O) groups excluding carboxylic acids is 3. The molecule has 0 amide bonds. The van der Waals surface area contributed by atoms with Gasteiger partial charge in [-0.2, -0.15) is 0 Å². The number of esters is 3. The molecule has 0 aliphatic rings. The Hall–Kier alpha value is -3.41. The maximum absolute atomic E-state index is 12.9. The minimum atomic E-state index is -0.779. The number of carbonyl (C=O) groups is 3. The Labute approximate surface area is 452 Å². The van der Waals surface area contributed by atoms with Crippen molar-refractivity contribution in [2.45, 2.75) is 309 Å². The van der Waals surface area contributed by atoms with Gasteiger partial charge < -0.3 is 14.2 Å². The molecule has 0 rings (SSSR count). The fourth-order valence-corrected chi connectivity index (χ4v) is 8.74. The van der Waals surface area contributed by atoms with Gasteiger partial charge in [0.25, 0.3) is 0 Å². The molecule has 0 aromatic carbocycles. The van der Waals surface area contributed by atoms with Crippen molar-refractivity contribution in [3.8, 4) is 0 Å². The van der Waals surface area contributed by atoms with Gasteiger partial charge in [0.05, 0.1) is 0 Å². The summed E-state index contributed by atoms with van der Waals surface area (Å²) in [5.74, 6) is -0.880. The highest BCUT2D eigenvalue weighted by Crippen LogP contribution is 2.16. The molecule has 0 aliphatic heterocycles. The largest absolute Gasteiger partial charge is 0.462 e. The van der Waals surface area contributed by atoms with E-state index in [1.165, 1.54) is 161 Å². The molecule has 6 nitrogen and oxygen atoms in total. The lowest BCUT2D eigenvalue weighted by Gasteiger charge is -2.18. The molecule has 0 saturated heterocycles. The minimum Gasteiger partial charge on any atom is -0.462 e. The Morgan fingerprint density at radius 2 is 0.534 bits per heavy atom. The summed E-state index contributed by atoms with van der Waals surface area (Å²) in [7, 11) is 0. The van der Waals surface area contributed by atoms with Crippen LogP contribution in [0.25, 0.3) is 0 Å². The van der Waals surface area contributed by atoms with Gasteiger partial charge in [0.15, 0.2) is 6.10 Å². The third kappa shape index (κ3) is 59.3. The molecule has 73 heavy (non-hydrogen) atoms. The summed E-state index contributed by atoms with van der Waals surface area (Å²) >= 11 is 0. The standard InChI is InChI=1S/C67H116O6/c1-4-7-10-13-16-19-22-25-27-28-29-30-31-32-33-34-35-36-37-38-39-40-41-43-45-48-51-54-57-60-66(69)72-63-64(62-71-65(68)59-56-53-50-47-44-24-21-18-15-12-9-6-3)73-67(70)61-58-55-52-49-46-42-26-23-20-17-14-11-8-5-2/h7,10,16,18-19,21,25,27,29-30,32-33,35-36,64H,4-6,8-9,11-15,17,20,22-24,26,28,31,34,37-63H2,1-3H3/b10-7-,19-16-,21-18-,27-25-,30-29-,33-32-,36-35-. The van der Waals surface area contributed by atoms with Gasteiger partial charge in [0.1, 0.15) is 13.2 Å². The molecule has 1 unspecified atom stereocenters. The highest BCUT2D eigenvalue weighted by atomic mass is 16.6. The second-order valence-electron chi connectivity index (χ2n) is 20.6. The number of hydrogen-bond donors (Lipinski definition) is 0. The summed E-state index contributed by atoms with van der Waals surface area (Å²) in [4.78, 5) is 38.2. The molecule has 0 saturated carbocycles. The molecule has 0 fully saturated rings. The second kappa shape index (κ2) is 61.1. The Morgan fingerprint density at radius 1 is 0.288 bits per heavy atom. The van der Waals surface area contributed by atoms with Gasteiger partial charge in [-0.05, 0) is 96.3 Å². The molecule has 6 heteroatoms. The van der Waals surface area contributed by atoms with Crippen molar-refractivity contribution in [3.63, 3.8) is 0 Å². The van der Waals surface area contributed by atoms with E-state index in [2.05, 4.69) is 106 Å². The normalized spacial score (nSPS) is 12.6. The van der Waals surface area contributed by atoms with E-state index in [1.54, 1.807) is 0 Å². The Bertz CT molecular complexity index is 1400. The first-order valence-corrected chi connectivity index (χ1v) is 31.1. The van der Waals surface area contributed by atoms with Crippen molar-refractivity contribution < 1.29 is 28.6 Å². The monoisotopic (exact) mass is 1020 g/mol. The van der Waals surface area contributed by atoms with Gasteiger partial charge in [-0.15, -0.1) is 0 Å². The zero-order chi connectivity index (χ0) is 52.9. The van der Waals surface area contributed by atoms with Gasteiger partial charge in [0.2, 0.25) is 0 Å². The first kappa shape index (κ1) is 69.6. The van der Waals surface area contributed by atoms with E-state index >= 15 is 0 Å². The van der Waals surface area contributed by atoms with Crippen LogP contribution in [-0.2, 0) is 28.6 Å². The van der Waals surface area contributed by atoms with E-state index in [0.29, 0.717) is 19.3 Å². The maximum Gasteiger partial charge on any atom is 0.306 e. The van der Waals surface area contributed by atoms with Crippen molar-refractivity contribution in [3.05, 3.63) is 85.1 Å². The van der Waals surface area contributed by atoms with Crippen molar-refractivity contribution in [2.75, 3.05) is 13.2 Å². The van der Waals surface area contributed by atoms with Crippen LogP contribution in [0.2, 0.25) is 0 Å². The van der Waals surface area contributed by atoms with Crippen molar-refractivity contribution in [1.29, 1.82) is 0 Å². The lowest BCUT2D eigenvalue weighted by Crippen LogP contribution is -2.30. The number of unbranched alkanes of at least 4 members (excludes halogenated alkanes) is 31. The summed E-state index contributed by atoms with van der Waals surface area (Å²) < 4.78 is 16.9. The highest BCUT2D eigenvalue weighted by Gasteiger charge is 2.19. The van der Waals surface area contributed by atoms with E-state index in [-0.39, 0.29) is 31.1 Å². The topological polar surface area (TPSA) is 78.9 Å². The fraction of sp³-hybridized carbons (Fsp3) is 0.746. The lowest BCUT2D eigenvalue weighted by molar-refractivity contribution is -0.167. The number of allylic oxidation sites excluding steroid dienone is 14. The lowest BCUT2D eigenvalue weighted by atomic mass is 10.0. The molecule has 0 heterocycles. The average Bonchev–Trinajstić information content (AvgIpc) is 3.39. The SMILES string of the molecule is CC/C=C\C/C=C\C/C=C\C/C=C\C/C=C\C/C=C\CCCCCCCCCCCCC(=O)OCC(COC(=O)CCCCCCC/C=C\CCCCC)OC(=O)CCCCCCCCCCCCCCCC.